The minimum atomic E-state index is 0.0923. The van der Waals surface area contributed by atoms with E-state index in [-0.39, 0.29) is 11.8 Å². The molecule has 4 heteroatoms. The third-order valence-electron chi connectivity index (χ3n) is 3.85. The van der Waals surface area contributed by atoms with Gasteiger partial charge in [-0.3, -0.25) is 9.59 Å². The number of nitrogens with one attached hydrogen (secondary N) is 1. The zero-order valence-electron chi connectivity index (χ0n) is 13.3. The number of carbonyl (C=O) groups excluding carboxylic acids is 2. The molecule has 1 unspecified atom stereocenters. The molecule has 1 saturated carbocycles. The molecule has 1 aliphatic carbocycles. The Morgan fingerprint density at radius 2 is 1.75 bits per heavy atom. The van der Waals surface area contributed by atoms with E-state index in [1.165, 1.54) is 12.8 Å². The van der Waals surface area contributed by atoms with E-state index in [4.69, 9.17) is 0 Å². The summed E-state index contributed by atoms with van der Waals surface area (Å²) < 4.78 is 0. The molecule has 0 radical (unpaired) electrons. The van der Waals surface area contributed by atoms with Crippen LogP contribution in [0.2, 0.25) is 0 Å². The Morgan fingerprint density at radius 1 is 1.15 bits per heavy atom. The van der Waals surface area contributed by atoms with Crippen LogP contribution in [0.4, 0.5) is 0 Å². The zero-order valence-corrected chi connectivity index (χ0v) is 13.3. The quantitative estimate of drug-likeness (QED) is 0.670. The molecule has 4 nitrogen and oxygen atoms in total. The highest BCUT2D eigenvalue weighted by atomic mass is 16.2. The lowest BCUT2D eigenvalue weighted by Gasteiger charge is -2.21. The first-order chi connectivity index (χ1) is 9.58. The maximum atomic E-state index is 12.0. The van der Waals surface area contributed by atoms with E-state index in [1.807, 2.05) is 4.90 Å². The van der Waals surface area contributed by atoms with Crippen molar-refractivity contribution in [2.24, 2.45) is 5.92 Å². The van der Waals surface area contributed by atoms with Gasteiger partial charge in [-0.25, -0.2) is 0 Å². The number of amides is 2. The smallest absolute Gasteiger partial charge is 0.222 e. The minimum absolute atomic E-state index is 0.0923. The number of carbonyl (C=O) groups is 2. The fourth-order valence-corrected chi connectivity index (χ4v) is 2.50. The largest absolute Gasteiger partial charge is 0.353 e. The van der Waals surface area contributed by atoms with Gasteiger partial charge in [0.05, 0.1) is 0 Å². The molecule has 1 N–H and O–H groups in total. The Kier molecular flexibility index (Phi) is 7.63. The molecule has 0 spiro atoms. The molecule has 0 saturated heterocycles. The van der Waals surface area contributed by atoms with Crippen LogP contribution >= 0.6 is 0 Å². The molecular formula is C16H30N2O2. The van der Waals surface area contributed by atoms with Crippen molar-refractivity contribution in [3.8, 4) is 0 Å². The van der Waals surface area contributed by atoms with E-state index in [2.05, 4.69) is 26.1 Å². The van der Waals surface area contributed by atoms with E-state index >= 15 is 0 Å². The monoisotopic (exact) mass is 282 g/mol. The molecule has 0 aromatic heterocycles. The van der Waals surface area contributed by atoms with E-state index in [1.54, 1.807) is 0 Å². The highest BCUT2D eigenvalue weighted by Crippen LogP contribution is 2.32. The third-order valence-corrected chi connectivity index (χ3v) is 3.85. The van der Waals surface area contributed by atoms with Crippen molar-refractivity contribution in [3.05, 3.63) is 0 Å². The normalized spacial score (nSPS) is 15.8. The highest BCUT2D eigenvalue weighted by Gasteiger charge is 2.28. The zero-order chi connectivity index (χ0) is 15.0. The molecule has 0 aromatic carbocycles. The van der Waals surface area contributed by atoms with E-state index in [9.17, 15) is 9.59 Å². The second-order valence-electron chi connectivity index (χ2n) is 5.93. The van der Waals surface area contributed by atoms with Crippen LogP contribution in [0.5, 0.6) is 0 Å². The summed E-state index contributed by atoms with van der Waals surface area (Å²) in [4.78, 5) is 25.7. The van der Waals surface area contributed by atoms with Crippen molar-refractivity contribution < 1.29 is 9.59 Å². The van der Waals surface area contributed by atoms with Crippen molar-refractivity contribution in [2.45, 2.75) is 71.8 Å². The number of hydrogen-bond donors (Lipinski definition) is 1. The van der Waals surface area contributed by atoms with Gasteiger partial charge < -0.3 is 10.2 Å². The van der Waals surface area contributed by atoms with Crippen LogP contribution in [0.15, 0.2) is 0 Å². The van der Waals surface area contributed by atoms with Gasteiger partial charge in [-0.15, -0.1) is 0 Å². The first-order valence-corrected chi connectivity index (χ1v) is 8.15. The summed E-state index contributed by atoms with van der Waals surface area (Å²) in [6.07, 6.45) is 6.08. The molecule has 116 valence electrons. The molecule has 0 bridgehead atoms. The van der Waals surface area contributed by atoms with Gasteiger partial charge in [-0.2, -0.15) is 0 Å². The summed E-state index contributed by atoms with van der Waals surface area (Å²) in [7, 11) is 0. The molecule has 20 heavy (non-hydrogen) atoms. The Labute approximate surface area is 123 Å². The highest BCUT2D eigenvalue weighted by molar-refractivity contribution is 5.79. The lowest BCUT2D eigenvalue weighted by Crippen LogP contribution is -2.34. The lowest BCUT2D eigenvalue weighted by molar-refractivity contribution is -0.131. The van der Waals surface area contributed by atoms with Crippen molar-refractivity contribution in [1.82, 2.24) is 10.2 Å². The van der Waals surface area contributed by atoms with Crippen LogP contribution in [0, 0.1) is 5.92 Å². The van der Waals surface area contributed by atoms with Crippen molar-refractivity contribution >= 4 is 11.8 Å². The Morgan fingerprint density at radius 3 is 2.25 bits per heavy atom. The van der Waals surface area contributed by atoms with Crippen LogP contribution in [0.25, 0.3) is 0 Å². The number of nitrogens with zero attached hydrogens (tertiary/aromatic N) is 1. The first kappa shape index (κ1) is 17.0. The number of rotatable bonds is 10. The summed E-state index contributed by atoms with van der Waals surface area (Å²) in [5.74, 6) is 0.969. The average molecular weight is 282 g/mol. The van der Waals surface area contributed by atoms with Gasteiger partial charge >= 0.3 is 0 Å². The molecule has 1 fully saturated rings. The molecular weight excluding hydrogens is 252 g/mol. The topological polar surface area (TPSA) is 49.4 Å². The molecule has 0 heterocycles. The van der Waals surface area contributed by atoms with Crippen LogP contribution in [-0.4, -0.2) is 35.8 Å². The van der Waals surface area contributed by atoms with E-state index < -0.39 is 0 Å². The molecule has 0 aliphatic heterocycles. The number of hydrogen-bond acceptors (Lipinski definition) is 2. The van der Waals surface area contributed by atoms with Crippen LogP contribution < -0.4 is 5.32 Å². The van der Waals surface area contributed by atoms with Gasteiger partial charge in [0.2, 0.25) is 11.8 Å². The van der Waals surface area contributed by atoms with E-state index in [0.29, 0.717) is 31.2 Å². The summed E-state index contributed by atoms with van der Waals surface area (Å²) in [6.45, 7) is 7.91. The second-order valence-corrected chi connectivity index (χ2v) is 5.93. The molecule has 1 rings (SSSR count). The van der Waals surface area contributed by atoms with Crippen molar-refractivity contribution in [3.63, 3.8) is 0 Å². The average Bonchev–Trinajstić information content (AvgIpc) is 3.22. The molecule has 1 aliphatic rings. The van der Waals surface area contributed by atoms with Crippen LogP contribution in [0.1, 0.15) is 65.7 Å². The summed E-state index contributed by atoms with van der Waals surface area (Å²) in [5.41, 5.74) is 0. The van der Waals surface area contributed by atoms with Crippen molar-refractivity contribution in [1.29, 1.82) is 0 Å². The summed E-state index contributed by atoms with van der Waals surface area (Å²) in [5, 5.41) is 3.03. The first-order valence-electron chi connectivity index (χ1n) is 8.15. The summed E-state index contributed by atoms with van der Waals surface area (Å²) in [6, 6.07) is 0.301. The van der Waals surface area contributed by atoms with Gasteiger partial charge in [-0.05, 0) is 44.9 Å². The fraction of sp³-hybridized carbons (Fsp3) is 0.875. The standard InChI is InChI=1S/C16H30N2O2/c1-4-11-18(12-5-2)16(20)8-6-7-15(19)17-13(3)14-9-10-14/h13-14H,4-12H2,1-3H3,(H,17,19). The maximum absolute atomic E-state index is 12.0. The Hall–Kier alpha value is -1.06. The molecule has 0 aromatic rings. The summed E-state index contributed by atoms with van der Waals surface area (Å²) >= 11 is 0. The molecule has 2 amide bonds. The third kappa shape index (κ3) is 6.40. The predicted molar refractivity (Wildman–Crippen MR) is 81.3 cm³/mol. The Bertz CT molecular complexity index is 308. The lowest BCUT2D eigenvalue weighted by atomic mass is 10.1. The molecule has 1 atom stereocenters. The Balaban J connectivity index is 2.17. The van der Waals surface area contributed by atoms with E-state index in [0.717, 1.165) is 25.9 Å². The van der Waals surface area contributed by atoms with Gasteiger partial charge in [0, 0.05) is 32.0 Å². The minimum Gasteiger partial charge on any atom is -0.353 e. The van der Waals surface area contributed by atoms with Crippen LogP contribution in [0.3, 0.4) is 0 Å². The fourth-order valence-electron chi connectivity index (χ4n) is 2.50. The second kappa shape index (κ2) is 8.98. The van der Waals surface area contributed by atoms with Crippen molar-refractivity contribution in [2.75, 3.05) is 13.1 Å². The van der Waals surface area contributed by atoms with Gasteiger partial charge in [0.15, 0.2) is 0 Å². The van der Waals surface area contributed by atoms with Gasteiger partial charge in [0.25, 0.3) is 0 Å². The van der Waals surface area contributed by atoms with Gasteiger partial charge in [0.1, 0.15) is 0 Å². The SMILES string of the molecule is CCCN(CCC)C(=O)CCCC(=O)NC(C)C1CC1. The van der Waals surface area contributed by atoms with Gasteiger partial charge in [-0.1, -0.05) is 13.8 Å². The maximum Gasteiger partial charge on any atom is 0.222 e. The van der Waals surface area contributed by atoms with Crippen LogP contribution in [-0.2, 0) is 9.59 Å². The predicted octanol–water partition coefficient (Wildman–Crippen LogP) is 2.72.